The second-order valence-electron chi connectivity index (χ2n) is 12.7. The first-order valence-corrected chi connectivity index (χ1v) is 15.9. The standard InChI is InChI=1S/C31H45N5O5.C3H8/c1-7-12-23(26(37)28(39)32-16-8-2)33-27(38)24-15-11-17-36(24)29(40)25(34-30(41)35(6)31(3,4)5)22-18-20-13-9-10-14-21(20)19-22;1-3-2/h8-10,13-14,22-25H,2,7,11-12,15-19H2,1,3-6H3,(H,32,39)(H,33,38)(H,34,41);3H2,1-2H3/t23?,24-,25-;/m0./s1. The number of carbonyl (C=O) groups excluding carboxylic acids is 5. The maximum Gasteiger partial charge on any atom is 0.318 e. The van der Waals surface area contributed by atoms with Gasteiger partial charge in [0.15, 0.2) is 0 Å². The molecule has 44 heavy (non-hydrogen) atoms. The molecule has 0 bridgehead atoms. The number of amides is 5. The Hall–Kier alpha value is -3.69. The molecular formula is C34H53N5O5. The molecule has 0 radical (unpaired) electrons. The van der Waals surface area contributed by atoms with Crippen molar-refractivity contribution in [2.45, 2.75) is 110 Å². The number of nitrogens with zero attached hydrogens (tertiary/aromatic N) is 2. The van der Waals surface area contributed by atoms with E-state index in [1.807, 2.05) is 52.0 Å². The fourth-order valence-corrected chi connectivity index (χ4v) is 5.46. The molecule has 3 rings (SSSR count). The van der Waals surface area contributed by atoms with Crippen LogP contribution in [0.4, 0.5) is 4.79 Å². The van der Waals surface area contributed by atoms with Crippen LogP contribution < -0.4 is 16.0 Å². The average molecular weight is 612 g/mol. The van der Waals surface area contributed by atoms with Crippen molar-refractivity contribution in [2.24, 2.45) is 5.92 Å². The topological polar surface area (TPSA) is 128 Å². The van der Waals surface area contributed by atoms with E-state index in [4.69, 9.17) is 0 Å². The summed E-state index contributed by atoms with van der Waals surface area (Å²) in [6.45, 7) is 15.9. The summed E-state index contributed by atoms with van der Waals surface area (Å²) in [5, 5.41) is 8.20. The Morgan fingerprint density at radius 3 is 2.16 bits per heavy atom. The van der Waals surface area contributed by atoms with Gasteiger partial charge in [0.25, 0.3) is 5.91 Å². The lowest BCUT2D eigenvalue weighted by Crippen LogP contribution is -2.60. The number of ketones is 1. The van der Waals surface area contributed by atoms with Crippen LogP contribution in [0.1, 0.15) is 84.8 Å². The van der Waals surface area contributed by atoms with Crippen molar-refractivity contribution in [2.75, 3.05) is 20.1 Å². The van der Waals surface area contributed by atoms with Crippen LogP contribution in [0.25, 0.3) is 0 Å². The van der Waals surface area contributed by atoms with E-state index in [2.05, 4.69) is 36.4 Å². The molecule has 3 N–H and O–H groups in total. The SMILES string of the molecule is C=CCNC(=O)C(=O)C(CCC)NC(=O)[C@@H]1CCCN1C(=O)[C@@H](NC(=O)N(C)C(C)(C)C)C1Cc2ccccc2C1.CCC. The van der Waals surface area contributed by atoms with Crippen LogP contribution in [0, 0.1) is 5.92 Å². The number of rotatable bonds is 11. The lowest BCUT2D eigenvalue weighted by Gasteiger charge is -2.36. The number of benzene rings is 1. The van der Waals surface area contributed by atoms with Crippen molar-refractivity contribution in [3.05, 3.63) is 48.0 Å². The molecule has 10 nitrogen and oxygen atoms in total. The Labute approximate surface area is 263 Å². The Bertz CT molecular complexity index is 1150. The van der Waals surface area contributed by atoms with Crippen LogP contribution >= 0.6 is 0 Å². The summed E-state index contributed by atoms with van der Waals surface area (Å²) >= 11 is 0. The number of fused-ring (bicyclic) bond motifs is 1. The third kappa shape index (κ3) is 9.66. The largest absolute Gasteiger partial charge is 0.346 e. The number of Topliss-reactive ketones (excluding diaryl/α,β-unsaturated/α-hetero) is 1. The highest BCUT2D eigenvalue weighted by Crippen LogP contribution is 2.31. The molecule has 1 saturated heterocycles. The molecule has 5 amide bonds. The minimum absolute atomic E-state index is 0.144. The van der Waals surface area contributed by atoms with Gasteiger partial charge in [-0.3, -0.25) is 19.2 Å². The van der Waals surface area contributed by atoms with Crippen LogP contribution in [0.3, 0.4) is 0 Å². The van der Waals surface area contributed by atoms with E-state index in [1.54, 1.807) is 11.9 Å². The summed E-state index contributed by atoms with van der Waals surface area (Å²) < 4.78 is 0. The minimum atomic E-state index is -0.991. The number of hydrogen-bond donors (Lipinski definition) is 3. The van der Waals surface area contributed by atoms with Gasteiger partial charge < -0.3 is 25.8 Å². The van der Waals surface area contributed by atoms with Crippen molar-refractivity contribution in [3.63, 3.8) is 0 Å². The molecule has 1 aliphatic carbocycles. The lowest BCUT2D eigenvalue weighted by molar-refractivity contribution is -0.143. The highest BCUT2D eigenvalue weighted by atomic mass is 16.2. The fraction of sp³-hybridized carbons (Fsp3) is 0.618. The molecule has 1 aliphatic heterocycles. The molecule has 244 valence electrons. The van der Waals surface area contributed by atoms with Crippen LogP contribution in [0.2, 0.25) is 0 Å². The van der Waals surface area contributed by atoms with E-state index in [0.29, 0.717) is 45.1 Å². The molecule has 0 spiro atoms. The van der Waals surface area contributed by atoms with Gasteiger partial charge in [0.2, 0.25) is 17.6 Å². The number of urea groups is 1. The van der Waals surface area contributed by atoms with E-state index < -0.39 is 41.3 Å². The minimum Gasteiger partial charge on any atom is -0.346 e. The molecule has 0 aromatic heterocycles. The van der Waals surface area contributed by atoms with E-state index in [1.165, 1.54) is 17.4 Å². The van der Waals surface area contributed by atoms with E-state index in [-0.39, 0.29) is 24.4 Å². The number of likely N-dealkylation sites (tertiary alicyclic amines) is 1. The van der Waals surface area contributed by atoms with Crippen LogP contribution in [-0.4, -0.2) is 83.1 Å². The van der Waals surface area contributed by atoms with Crippen LogP contribution in [-0.2, 0) is 32.0 Å². The third-order valence-electron chi connectivity index (χ3n) is 8.09. The first-order chi connectivity index (χ1) is 20.8. The van der Waals surface area contributed by atoms with E-state index in [0.717, 1.165) is 11.1 Å². The molecule has 1 fully saturated rings. The predicted octanol–water partition coefficient (Wildman–Crippen LogP) is 3.77. The monoisotopic (exact) mass is 611 g/mol. The van der Waals surface area contributed by atoms with Crippen molar-refractivity contribution < 1.29 is 24.0 Å². The van der Waals surface area contributed by atoms with Gasteiger partial charge in [-0.2, -0.15) is 0 Å². The molecule has 3 atom stereocenters. The number of nitrogens with one attached hydrogen (secondary N) is 3. The molecule has 1 aromatic rings. The maximum absolute atomic E-state index is 14.2. The van der Waals surface area contributed by atoms with Gasteiger partial charge >= 0.3 is 6.03 Å². The Morgan fingerprint density at radius 2 is 1.64 bits per heavy atom. The molecule has 10 heteroatoms. The smallest absolute Gasteiger partial charge is 0.318 e. The van der Waals surface area contributed by atoms with Gasteiger partial charge in [-0.25, -0.2) is 4.79 Å². The Morgan fingerprint density at radius 1 is 1.05 bits per heavy atom. The highest BCUT2D eigenvalue weighted by Gasteiger charge is 2.43. The van der Waals surface area contributed by atoms with Gasteiger partial charge in [-0.05, 0) is 69.9 Å². The normalized spacial score (nSPS) is 17.3. The summed E-state index contributed by atoms with van der Waals surface area (Å²) in [5.74, 6) is -2.44. The molecule has 2 aliphatic rings. The number of carbonyl (C=O) groups is 5. The molecule has 1 unspecified atom stereocenters. The van der Waals surface area contributed by atoms with Crippen molar-refractivity contribution in [1.82, 2.24) is 25.8 Å². The lowest BCUT2D eigenvalue weighted by atomic mass is 9.94. The number of hydrogen-bond acceptors (Lipinski definition) is 5. The summed E-state index contributed by atoms with van der Waals surface area (Å²) in [7, 11) is 1.70. The van der Waals surface area contributed by atoms with Crippen molar-refractivity contribution in [1.29, 1.82) is 0 Å². The van der Waals surface area contributed by atoms with Crippen molar-refractivity contribution >= 4 is 29.5 Å². The first kappa shape index (κ1) is 36.5. The van der Waals surface area contributed by atoms with E-state index in [9.17, 15) is 24.0 Å². The van der Waals surface area contributed by atoms with Gasteiger partial charge in [0.05, 0.1) is 6.04 Å². The highest BCUT2D eigenvalue weighted by molar-refractivity contribution is 6.38. The molecule has 1 heterocycles. The summed E-state index contributed by atoms with van der Waals surface area (Å²) in [5.41, 5.74) is 1.85. The zero-order valence-electron chi connectivity index (χ0n) is 27.7. The quantitative estimate of drug-likeness (QED) is 0.259. The van der Waals surface area contributed by atoms with Gasteiger partial charge in [0.1, 0.15) is 12.1 Å². The molecular weight excluding hydrogens is 558 g/mol. The summed E-state index contributed by atoms with van der Waals surface area (Å²) in [6.07, 6.45) is 5.93. The summed E-state index contributed by atoms with van der Waals surface area (Å²) in [4.78, 5) is 69.1. The van der Waals surface area contributed by atoms with Crippen LogP contribution in [0.5, 0.6) is 0 Å². The van der Waals surface area contributed by atoms with Gasteiger partial charge in [-0.15, -0.1) is 6.58 Å². The zero-order valence-corrected chi connectivity index (χ0v) is 27.7. The third-order valence-corrected chi connectivity index (χ3v) is 8.09. The second kappa shape index (κ2) is 17.0. The predicted molar refractivity (Wildman–Crippen MR) is 173 cm³/mol. The summed E-state index contributed by atoms with van der Waals surface area (Å²) in [6, 6.07) is 5.05. The van der Waals surface area contributed by atoms with E-state index >= 15 is 0 Å². The second-order valence-corrected chi connectivity index (χ2v) is 12.7. The first-order valence-electron chi connectivity index (χ1n) is 15.9. The molecule has 1 aromatic carbocycles. The van der Waals surface area contributed by atoms with Gasteiger partial charge in [0, 0.05) is 25.7 Å². The Kier molecular flexibility index (Phi) is 14.1. The molecule has 0 saturated carbocycles. The van der Waals surface area contributed by atoms with Gasteiger partial charge in [-0.1, -0.05) is 64.0 Å². The van der Waals surface area contributed by atoms with Crippen molar-refractivity contribution in [3.8, 4) is 0 Å². The zero-order chi connectivity index (χ0) is 33.0. The Balaban J connectivity index is 0.00000216. The van der Waals surface area contributed by atoms with Crippen LogP contribution in [0.15, 0.2) is 36.9 Å². The maximum atomic E-state index is 14.2. The average Bonchev–Trinajstić information content (AvgIpc) is 3.65. The fourth-order valence-electron chi connectivity index (χ4n) is 5.46.